The molecule has 1 aliphatic rings. The summed E-state index contributed by atoms with van der Waals surface area (Å²) in [6.07, 6.45) is 3.50. The summed E-state index contributed by atoms with van der Waals surface area (Å²) in [5.74, 6) is 1.76. The molecule has 1 saturated heterocycles. The van der Waals surface area contributed by atoms with E-state index < -0.39 is 10.0 Å². The maximum atomic E-state index is 12.1. The van der Waals surface area contributed by atoms with Gasteiger partial charge in [0.2, 0.25) is 5.09 Å². The molecule has 0 bridgehead atoms. The van der Waals surface area contributed by atoms with Gasteiger partial charge in [-0.2, -0.15) is 11.8 Å². The lowest BCUT2D eigenvalue weighted by Crippen LogP contribution is -2.31. The second-order valence-electron chi connectivity index (χ2n) is 4.84. The van der Waals surface area contributed by atoms with Crippen LogP contribution in [-0.2, 0) is 16.6 Å². The molecule has 0 saturated carbocycles. The van der Waals surface area contributed by atoms with E-state index in [-0.39, 0.29) is 5.09 Å². The minimum Gasteiger partial charge on any atom is -0.447 e. The lowest BCUT2D eigenvalue weighted by atomic mass is 10.2. The van der Waals surface area contributed by atoms with E-state index in [0.29, 0.717) is 24.1 Å². The van der Waals surface area contributed by atoms with Crippen LogP contribution in [-0.4, -0.2) is 32.5 Å². The van der Waals surface area contributed by atoms with Crippen molar-refractivity contribution in [2.45, 2.75) is 43.1 Å². The molecule has 1 fully saturated rings. The van der Waals surface area contributed by atoms with Gasteiger partial charge in [0.1, 0.15) is 5.76 Å². The molecule has 1 atom stereocenters. The fraction of sp³-hybridized carbons (Fsp3) is 0.692. The first-order chi connectivity index (χ1) is 9.62. The number of hydrogen-bond donors (Lipinski definition) is 2. The van der Waals surface area contributed by atoms with Crippen LogP contribution in [0.25, 0.3) is 0 Å². The van der Waals surface area contributed by atoms with Crippen LogP contribution in [0.1, 0.15) is 31.9 Å². The van der Waals surface area contributed by atoms with Crippen LogP contribution >= 0.6 is 11.8 Å². The van der Waals surface area contributed by atoms with Crippen molar-refractivity contribution in [2.24, 2.45) is 0 Å². The van der Waals surface area contributed by atoms with Crippen molar-refractivity contribution >= 4 is 21.8 Å². The number of rotatable bonds is 7. The molecule has 2 rings (SSSR count). The standard InChI is InChI=1S/C13H22N2O3S2/c1-2-14-9-11-6-7-13(18-11)20(16,17)15-10-12-5-3-4-8-19-12/h6-7,12,14-15H,2-5,8-10H2,1H3. The van der Waals surface area contributed by atoms with Crippen LogP contribution in [0, 0.1) is 0 Å². The van der Waals surface area contributed by atoms with Crippen LogP contribution in [0.5, 0.6) is 0 Å². The molecule has 5 nitrogen and oxygen atoms in total. The van der Waals surface area contributed by atoms with Gasteiger partial charge in [-0.1, -0.05) is 13.3 Å². The molecule has 0 amide bonds. The number of furan rings is 1. The van der Waals surface area contributed by atoms with Crippen LogP contribution < -0.4 is 10.0 Å². The Morgan fingerprint density at radius 1 is 1.40 bits per heavy atom. The van der Waals surface area contributed by atoms with Crippen molar-refractivity contribution in [2.75, 3.05) is 18.8 Å². The molecule has 1 aromatic heterocycles. The molecule has 0 aliphatic carbocycles. The van der Waals surface area contributed by atoms with Gasteiger partial charge in [0.05, 0.1) is 6.54 Å². The average molecular weight is 318 g/mol. The quantitative estimate of drug-likeness (QED) is 0.804. The SMILES string of the molecule is CCNCc1ccc(S(=O)(=O)NCC2CCCCS2)o1. The van der Waals surface area contributed by atoms with Crippen molar-refractivity contribution in [3.63, 3.8) is 0 Å². The lowest BCUT2D eigenvalue weighted by Gasteiger charge is -2.20. The normalized spacial score (nSPS) is 20.1. The summed E-state index contributed by atoms with van der Waals surface area (Å²) in [6, 6.07) is 3.22. The van der Waals surface area contributed by atoms with Gasteiger partial charge >= 0.3 is 0 Å². The monoisotopic (exact) mass is 318 g/mol. The zero-order valence-electron chi connectivity index (χ0n) is 11.7. The molecule has 20 heavy (non-hydrogen) atoms. The first-order valence-corrected chi connectivity index (χ1v) is 9.55. The molecule has 7 heteroatoms. The highest BCUT2D eigenvalue weighted by Crippen LogP contribution is 2.24. The molecule has 1 unspecified atom stereocenters. The zero-order chi connectivity index (χ0) is 14.4. The molecule has 0 radical (unpaired) electrons. The van der Waals surface area contributed by atoms with Crippen molar-refractivity contribution in [3.05, 3.63) is 17.9 Å². The molecule has 114 valence electrons. The molecule has 1 aliphatic heterocycles. The Morgan fingerprint density at radius 3 is 2.95 bits per heavy atom. The van der Waals surface area contributed by atoms with Crippen molar-refractivity contribution < 1.29 is 12.8 Å². The predicted octanol–water partition coefficient (Wildman–Crippen LogP) is 1.95. The van der Waals surface area contributed by atoms with E-state index in [1.54, 1.807) is 6.07 Å². The number of nitrogens with one attached hydrogen (secondary N) is 2. The van der Waals surface area contributed by atoms with E-state index in [9.17, 15) is 8.42 Å². The Kier molecular flexibility index (Phi) is 5.95. The Bertz CT molecular complexity index is 507. The van der Waals surface area contributed by atoms with Crippen LogP contribution in [0.15, 0.2) is 21.6 Å². The lowest BCUT2D eigenvalue weighted by molar-refractivity contribution is 0.401. The van der Waals surface area contributed by atoms with Gasteiger partial charge < -0.3 is 9.73 Å². The minimum atomic E-state index is -3.52. The first kappa shape index (κ1) is 15.9. The Morgan fingerprint density at radius 2 is 2.25 bits per heavy atom. The van der Waals surface area contributed by atoms with Crippen molar-refractivity contribution in [3.8, 4) is 0 Å². The molecular formula is C13H22N2O3S2. The van der Waals surface area contributed by atoms with Gasteiger partial charge in [0, 0.05) is 11.8 Å². The third-order valence-corrected chi connectivity index (χ3v) is 5.92. The van der Waals surface area contributed by atoms with Crippen LogP contribution in [0.2, 0.25) is 0 Å². The highest BCUT2D eigenvalue weighted by atomic mass is 32.2. The fourth-order valence-electron chi connectivity index (χ4n) is 2.09. The molecule has 2 heterocycles. The highest BCUT2D eigenvalue weighted by Gasteiger charge is 2.21. The second kappa shape index (κ2) is 7.49. The van der Waals surface area contributed by atoms with Crippen molar-refractivity contribution in [1.82, 2.24) is 10.0 Å². The van der Waals surface area contributed by atoms with E-state index in [1.165, 1.54) is 18.9 Å². The van der Waals surface area contributed by atoms with E-state index in [1.807, 2.05) is 18.7 Å². The van der Waals surface area contributed by atoms with Gasteiger partial charge in [-0.15, -0.1) is 0 Å². The van der Waals surface area contributed by atoms with Gasteiger partial charge in [0.15, 0.2) is 0 Å². The molecule has 1 aromatic rings. The summed E-state index contributed by atoms with van der Waals surface area (Å²) in [7, 11) is -3.52. The molecule has 0 aromatic carbocycles. The molecule has 2 N–H and O–H groups in total. The smallest absolute Gasteiger partial charge is 0.273 e. The third-order valence-electron chi connectivity index (χ3n) is 3.23. The maximum absolute atomic E-state index is 12.1. The summed E-state index contributed by atoms with van der Waals surface area (Å²) in [5, 5.41) is 3.49. The van der Waals surface area contributed by atoms with Crippen LogP contribution in [0.3, 0.4) is 0 Å². The number of sulfonamides is 1. The van der Waals surface area contributed by atoms with Gasteiger partial charge in [-0.05, 0) is 37.3 Å². The third kappa shape index (κ3) is 4.51. The Labute approximate surface area is 124 Å². The van der Waals surface area contributed by atoms with E-state index in [2.05, 4.69) is 10.0 Å². The summed E-state index contributed by atoms with van der Waals surface area (Å²) in [4.78, 5) is 0. The largest absolute Gasteiger partial charge is 0.447 e. The van der Waals surface area contributed by atoms with E-state index >= 15 is 0 Å². The number of hydrogen-bond acceptors (Lipinski definition) is 5. The minimum absolute atomic E-state index is 0.00575. The first-order valence-electron chi connectivity index (χ1n) is 7.02. The van der Waals surface area contributed by atoms with Gasteiger partial charge in [0.25, 0.3) is 10.0 Å². The topological polar surface area (TPSA) is 71.3 Å². The summed E-state index contributed by atoms with van der Waals surface area (Å²) < 4.78 is 32.3. The Balaban J connectivity index is 1.90. The van der Waals surface area contributed by atoms with Crippen molar-refractivity contribution in [1.29, 1.82) is 0 Å². The highest BCUT2D eigenvalue weighted by molar-refractivity contribution is 8.00. The van der Waals surface area contributed by atoms with Crippen LogP contribution in [0.4, 0.5) is 0 Å². The summed E-state index contributed by atoms with van der Waals surface area (Å²) in [6.45, 7) is 3.84. The van der Waals surface area contributed by atoms with E-state index in [0.717, 1.165) is 18.7 Å². The van der Waals surface area contributed by atoms with Gasteiger partial charge in [-0.25, -0.2) is 13.1 Å². The van der Waals surface area contributed by atoms with Gasteiger partial charge in [-0.3, -0.25) is 0 Å². The fourth-order valence-corrected chi connectivity index (χ4v) is 4.46. The summed E-state index contributed by atoms with van der Waals surface area (Å²) in [5.41, 5.74) is 0. The Hall–Kier alpha value is -0.500. The summed E-state index contributed by atoms with van der Waals surface area (Å²) >= 11 is 1.85. The molecule has 0 spiro atoms. The maximum Gasteiger partial charge on any atom is 0.273 e. The second-order valence-corrected chi connectivity index (χ2v) is 7.95. The predicted molar refractivity (Wildman–Crippen MR) is 81.4 cm³/mol. The van der Waals surface area contributed by atoms with E-state index in [4.69, 9.17) is 4.42 Å². The zero-order valence-corrected chi connectivity index (χ0v) is 13.4. The number of thioether (sulfide) groups is 1. The average Bonchev–Trinajstić information content (AvgIpc) is 2.94. The molecular weight excluding hydrogens is 296 g/mol.